The average molecular weight is 274 g/mol. The van der Waals surface area contributed by atoms with Crippen molar-refractivity contribution in [2.75, 3.05) is 18.5 Å². The Hall–Kier alpha value is -2.37. The van der Waals surface area contributed by atoms with Crippen molar-refractivity contribution < 1.29 is 9.59 Å². The summed E-state index contributed by atoms with van der Waals surface area (Å²) in [5, 5.41) is 7.68. The number of hydrogen-bond donors (Lipinski definition) is 1. The molecule has 1 heterocycles. The van der Waals surface area contributed by atoms with Crippen molar-refractivity contribution >= 4 is 29.0 Å². The van der Waals surface area contributed by atoms with Gasteiger partial charge in [0, 0.05) is 32.4 Å². The number of carbonyl (C=O) groups excluding carboxylic acids is 2. The zero-order valence-electron chi connectivity index (χ0n) is 11.9. The molecule has 106 valence electrons. The lowest BCUT2D eigenvalue weighted by Crippen LogP contribution is -2.28. The summed E-state index contributed by atoms with van der Waals surface area (Å²) in [6.07, 6.45) is 0.653. The van der Waals surface area contributed by atoms with Crippen molar-refractivity contribution in [3.63, 3.8) is 0 Å². The van der Waals surface area contributed by atoms with Gasteiger partial charge in [0.1, 0.15) is 0 Å². The van der Waals surface area contributed by atoms with Gasteiger partial charge >= 0.3 is 0 Å². The Morgan fingerprint density at radius 3 is 2.95 bits per heavy atom. The summed E-state index contributed by atoms with van der Waals surface area (Å²) in [6.45, 7) is 2.54. The zero-order chi connectivity index (χ0) is 14.7. The summed E-state index contributed by atoms with van der Waals surface area (Å²) >= 11 is 0. The summed E-state index contributed by atoms with van der Waals surface area (Å²) in [7, 11) is 3.79. The maximum atomic E-state index is 11.3. The normalized spacial score (nSPS) is 10.6. The van der Waals surface area contributed by atoms with E-state index < -0.39 is 0 Å². The van der Waals surface area contributed by atoms with Crippen LogP contribution in [-0.4, -0.2) is 35.7 Å². The van der Waals surface area contributed by atoms with E-state index in [2.05, 4.69) is 16.5 Å². The van der Waals surface area contributed by atoms with E-state index in [-0.39, 0.29) is 12.3 Å². The number of nitrogens with one attached hydrogen (secondary N) is 1. The van der Waals surface area contributed by atoms with Crippen LogP contribution in [0.5, 0.6) is 0 Å². The third kappa shape index (κ3) is 2.79. The van der Waals surface area contributed by atoms with Crippen molar-refractivity contribution in [3.05, 3.63) is 23.8 Å². The third-order valence-corrected chi connectivity index (χ3v) is 3.24. The molecule has 1 aromatic heterocycles. The number of hydrogen-bond acceptors (Lipinski definition) is 4. The number of anilines is 1. The molecule has 2 rings (SSSR count). The van der Waals surface area contributed by atoms with Crippen LogP contribution in [-0.2, 0) is 16.6 Å². The van der Waals surface area contributed by atoms with Crippen molar-refractivity contribution in [2.45, 2.75) is 13.3 Å². The second kappa shape index (κ2) is 5.73. The van der Waals surface area contributed by atoms with Crippen LogP contribution in [0.1, 0.15) is 12.0 Å². The van der Waals surface area contributed by atoms with Gasteiger partial charge in [-0.25, -0.2) is 0 Å². The van der Waals surface area contributed by atoms with Gasteiger partial charge in [0.25, 0.3) is 0 Å². The fourth-order valence-corrected chi connectivity index (χ4v) is 2.14. The lowest BCUT2D eigenvalue weighted by molar-refractivity contribution is -0.125. The molecule has 6 heteroatoms. The number of carbonyl (C=O) groups is 2. The van der Waals surface area contributed by atoms with E-state index in [4.69, 9.17) is 0 Å². The SMILES string of the molecule is Cc1ccc2c(N(C)CCC(=O)NC=O)nn(C)c2c1. The Balaban J connectivity index is 2.20. The van der Waals surface area contributed by atoms with Crippen LogP contribution in [0.25, 0.3) is 10.9 Å². The minimum absolute atomic E-state index is 0.249. The highest BCUT2D eigenvalue weighted by atomic mass is 16.2. The Labute approximate surface area is 117 Å². The molecule has 2 aromatic rings. The standard InChI is InChI=1S/C14H18N4O2/c1-10-4-5-11-12(8-10)18(3)16-14(11)17(2)7-6-13(20)15-9-19/h4-5,8-9H,6-7H2,1-3H3,(H,15,19,20). The highest BCUT2D eigenvalue weighted by Gasteiger charge is 2.13. The van der Waals surface area contributed by atoms with Crippen molar-refractivity contribution in [2.24, 2.45) is 7.05 Å². The molecule has 1 N–H and O–H groups in total. The lowest BCUT2D eigenvalue weighted by Gasteiger charge is -2.15. The molecule has 0 spiro atoms. The molecule has 2 amide bonds. The minimum Gasteiger partial charge on any atom is -0.357 e. The van der Waals surface area contributed by atoms with Gasteiger partial charge in [0.2, 0.25) is 12.3 Å². The first-order valence-corrected chi connectivity index (χ1v) is 6.40. The van der Waals surface area contributed by atoms with E-state index in [1.54, 1.807) is 0 Å². The summed E-state index contributed by atoms with van der Waals surface area (Å²) in [4.78, 5) is 23.4. The van der Waals surface area contributed by atoms with Gasteiger partial charge in [-0.05, 0) is 24.6 Å². The topological polar surface area (TPSA) is 67.2 Å². The molecule has 0 aliphatic rings. The Bertz CT molecular complexity index is 648. The van der Waals surface area contributed by atoms with Crippen LogP contribution in [0, 0.1) is 6.92 Å². The van der Waals surface area contributed by atoms with Gasteiger partial charge in [-0.15, -0.1) is 0 Å². The number of imide groups is 1. The van der Waals surface area contributed by atoms with E-state index >= 15 is 0 Å². The molecule has 0 aliphatic heterocycles. The van der Waals surface area contributed by atoms with Crippen LogP contribution >= 0.6 is 0 Å². The number of aromatic nitrogens is 2. The fourth-order valence-electron chi connectivity index (χ4n) is 2.14. The van der Waals surface area contributed by atoms with Crippen LogP contribution in [0.4, 0.5) is 5.82 Å². The Morgan fingerprint density at radius 2 is 2.25 bits per heavy atom. The molecule has 0 saturated carbocycles. The molecule has 1 aromatic carbocycles. The molecule has 0 bridgehead atoms. The van der Waals surface area contributed by atoms with Gasteiger partial charge in [-0.3, -0.25) is 19.6 Å². The van der Waals surface area contributed by atoms with E-state index in [1.165, 1.54) is 5.56 Å². The number of fused-ring (bicyclic) bond motifs is 1. The molecule has 0 fully saturated rings. The monoisotopic (exact) mass is 274 g/mol. The van der Waals surface area contributed by atoms with Gasteiger partial charge in [-0.1, -0.05) is 6.07 Å². The number of amides is 2. The summed E-state index contributed by atoms with van der Waals surface area (Å²) in [5.74, 6) is 0.546. The second-order valence-electron chi connectivity index (χ2n) is 4.82. The summed E-state index contributed by atoms with van der Waals surface area (Å²) in [5.41, 5.74) is 2.24. The lowest BCUT2D eigenvalue weighted by atomic mass is 10.2. The summed E-state index contributed by atoms with van der Waals surface area (Å²) in [6, 6.07) is 6.16. The molecule has 6 nitrogen and oxygen atoms in total. The molecule has 0 radical (unpaired) electrons. The van der Waals surface area contributed by atoms with Crippen molar-refractivity contribution in [1.29, 1.82) is 0 Å². The first-order chi connectivity index (χ1) is 9.52. The van der Waals surface area contributed by atoms with Crippen molar-refractivity contribution in [1.82, 2.24) is 15.1 Å². The predicted octanol–water partition coefficient (Wildman–Crippen LogP) is 0.981. The van der Waals surface area contributed by atoms with Crippen LogP contribution in [0.15, 0.2) is 18.2 Å². The molecular weight excluding hydrogens is 256 g/mol. The van der Waals surface area contributed by atoms with Crippen LogP contribution in [0.3, 0.4) is 0 Å². The van der Waals surface area contributed by atoms with Gasteiger partial charge in [0.05, 0.1) is 5.52 Å². The van der Waals surface area contributed by atoms with E-state index in [0.29, 0.717) is 13.0 Å². The molecule has 0 unspecified atom stereocenters. The maximum Gasteiger partial charge on any atom is 0.228 e. The van der Waals surface area contributed by atoms with E-state index in [9.17, 15) is 9.59 Å². The Morgan fingerprint density at radius 1 is 1.50 bits per heavy atom. The van der Waals surface area contributed by atoms with Gasteiger partial charge < -0.3 is 4.90 Å². The minimum atomic E-state index is -0.289. The fraction of sp³-hybridized carbons (Fsp3) is 0.357. The predicted molar refractivity (Wildman–Crippen MR) is 77.5 cm³/mol. The number of benzene rings is 1. The highest BCUT2D eigenvalue weighted by Crippen LogP contribution is 2.25. The van der Waals surface area contributed by atoms with Gasteiger partial charge in [-0.2, -0.15) is 5.10 Å². The number of nitrogens with zero attached hydrogens (tertiary/aromatic N) is 3. The van der Waals surface area contributed by atoms with E-state index in [0.717, 1.165) is 16.7 Å². The molecule has 20 heavy (non-hydrogen) atoms. The first kappa shape index (κ1) is 14.0. The first-order valence-electron chi connectivity index (χ1n) is 6.40. The number of aryl methyl sites for hydroxylation is 2. The molecule has 0 saturated heterocycles. The number of rotatable bonds is 5. The molecule has 0 aliphatic carbocycles. The van der Waals surface area contributed by atoms with Crippen molar-refractivity contribution in [3.8, 4) is 0 Å². The smallest absolute Gasteiger partial charge is 0.228 e. The highest BCUT2D eigenvalue weighted by molar-refractivity contribution is 5.91. The molecule has 0 atom stereocenters. The quantitative estimate of drug-likeness (QED) is 0.825. The zero-order valence-corrected chi connectivity index (χ0v) is 11.9. The van der Waals surface area contributed by atoms with Crippen LogP contribution < -0.4 is 10.2 Å². The second-order valence-corrected chi connectivity index (χ2v) is 4.82. The van der Waals surface area contributed by atoms with E-state index in [1.807, 2.05) is 42.7 Å². The molecular formula is C14H18N4O2. The van der Waals surface area contributed by atoms with Gasteiger partial charge in [0.15, 0.2) is 5.82 Å². The Kier molecular flexibility index (Phi) is 4.02. The maximum absolute atomic E-state index is 11.3. The largest absolute Gasteiger partial charge is 0.357 e. The third-order valence-electron chi connectivity index (χ3n) is 3.24. The summed E-state index contributed by atoms with van der Waals surface area (Å²) < 4.78 is 1.83. The average Bonchev–Trinajstić information content (AvgIpc) is 2.73. The van der Waals surface area contributed by atoms with Crippen LogP contribution in [0.2, 0.25) is 0 Å².